The van der Waals surface area contributed by atoms with Gasteiger partial charge in [0, 0.05) is 0 Å². The SMILES string of the molecule is OC[C@H]1O[C@@H](O)[C@H](O)[C@@H](O)[C@@H]1O[C@@H]1O[C@H](CO[C@H]2OC[C@@H](O)[C@H](O)[C@H]2O)[C@@H](O[C@@H]2O[C@H](CO[C@H]3OC[C@@H](O)[C@H](O)[C@H]3OO)[C@@H](O)[C@H](O)[C@H]2O)[C@H](O)[C@H]1O. The van der Waals surface area contributed by atoms with Gasteiger partial charge >= 0.3 is 0 Å². The van der Waals surface area contributed by atoms with Crippen molar-refractivity contribution in [2.24, 2.45) is 0 Å². The normalized spacial score (nSPS) is 52.7. The van der Waals surface area contributed by atoms with E-state index in [1.807, 2.05) is 0 Å². The Labute approximate surface area is 299 Å². The van der Waals surface area contributed by atoms with Crippen LogP contribution in [0.15, 0.2) is 0 Å². The van der Waals surface area contributed by atoms with Crippen LogP contribution in [0.3, 0.4) is 0 Å². The highest BCUT2D eigenvalue weighted by molar-refractivity contribution is 4.97. The van der Waals surface area contributed by atoms with E-state index in [4.69, 9.17) is 42.6 Å². The zero-order valence-electron chi connectivity index (χ0n) is 27.6. The molecule has 5 heterocycles. The van der Waals surface area contributed by atoms with E-state index in [0.29, 0.717) is 0 Å². The predicted molar refractivity (Wildman–Crippen MR) is 156 cm³/mol. The van der Waals surface area contributed by atoms with E-state index in [0.717, 1.165) is 0 Å². The lowest BCUT2D eigenvalue weighted by Crippen LogP contribution is -2.67. The minimum Gasteiger partial charge on any atom is -0.394 e. The fourth-order valence-corrected chi connectivity index (χ4v) is 6.36. The molecule has 5 aliphatic heterocycles. The van der Waals surface area contributed by atoms with Crippen molar-refractivity contribution in [1.29, 1.82) is 0 Å². The second-order valence-electron chi connectivity index (χ2n) is 13.2. The maximum absolute atomic E-state index is 11.3. The van der Waals surface area contributed by atoms with Gasteiger partial charge in [0.2, 0.25) is 0 Å². The highest BCUT2D eigenvalue weighted by Crippen LogP contribution is 2.33. The first-order valence-corrected chi connectivity index (χ1v) is 16.6. The summed E-state index contributed by atoms with van der Waals surface area (Å²) in [7, 11) is 0. The highest BCUT2D eigenvalue weighted by atomic mass is 17.1. The Morgan fingerprint density at radius 3 is 1.55 bits per heavy atom. The molecular weight excluding hydrogens is 736 g/mol. The van der Waals surface area contributed by atoms with Crippen molar-refractivity contribution < 1.29 is 124 Å². The molecule has 0 aromatic heterocycles. The van der Waals surface area contributed by atoms with Gasteiger partial charge in [0.15, 0.2) is 37.6 Å². The molecule has 0 aromatic rings. The van der Waals surface area contributed by atoms with Gasteiger partial charge < -0.3 is 114 Å². The lowest BCUT2D eigenvalue weighted by Gasteiger charge is -2.48. The number of hydrogen-bond acceptors (Lipinski definition) is 25. The summed E-state index contributed by atoms with van der Waals surface area (Å²) in [4.78, 5) is 4.14. The minimum atomic E-state index is -2.10. The summed E-state index contributed by atoms with van der Waals surface area (Å²) in [5, 5.41) is 154. The molecule has 0 bridgehead atoms. The smallest absolute Gasteiger partial charge is 0.189 e. The first-order valence-electron chi connectivity index (χ1n) is 16.6. The van der Waals surface area contributed by atoms with Gasteiger partial charge in [-0.3, -0.25) is 5.26 Å². The third-order valence-electron chi connectivity index (χ3n) is 9.59. The van der Waals surface area contributed by atoms with E-state index in [1.54, 1.807) is 0 Å². The summed E-state index contributed by atoms with van der Waals surface area (Å²) in [6.45, 7) is -3.21. The van der Waals surface area contributed by atoms with E-state index in [2.05, 4.69) is 4.89 Å². The van der Waals surface area contributed by atoms with E-state index in [9.17, 15) is 76.7 Å². The molecule has 0 saturated carbocycles. The second-order valence-corrected chi connectivity index (χ2v) is 13.2. The maximum Gasteiger partial charge on any atom is 0.189 e. The number of aliphatic hydroxyl groups excluding tert-OH is 14. The molecule has 5 aliphatic rings. The maximum atomic E-state index is 11.3. The van der Waals surface area contributed by atoms with Crippen LogP contribution in [-0.4, -0.2) is 251 Å². The Morgan fingerprint density at radius 2 is 0.925 bits per heavy atom. The van der Waals surface area contributed by atoms with Crippen molar-refractivity contribution in [3.63, 3.8) is 0 Å². The van der Waals surface area contributed by atoms with Crippen LogP contribution in [0.4, 0.5) is 0 Å². The molecule has 0 unspecified atom stereocenters. The fraction of sp³-hybridized carbons (Fsp3) is 1.00. The molecule has 23 atom stereocenters. The zero-order chi connectivity index (χ0) is 38.9. The van der Waals surface area contributed by atoms with Gasteiger partial charge in [-0.25, -0.2) is 4.89 Å². The van der Waals surface area contributed by atoms with Gasteiger partial charge in [0.1, 0.15) is 104 Å². The molecule has 0 amide bonds. The molecular formula is C28H48O25. The van der Waals surface area contributed by atoms with Crippen molar-refractivity contribution in [3.05, 3.63) is 0 Å². The second kappa shape index (κ2) is 18.5. The van der Waals surface area contributed by atoms with Crippen LogP contribution < -0.4 is 0 Å². The monoisotopic (exact) mass is 784 g/mol. The molecule has 0 spiro atoms. The van der Waals surface area contributed by atoms with Crippen LogP contribution >= 0.6 is 0 Å². The number of aliphatic hydroxyl groups is 14. The molecule has 310 valence electrons. The summed E-state index contributed by atoms with van der Waals surface area (Å²) < 4.78 is 49.2. The van der Waals surface area contributed by atoms with Crippen LogP contribution in [0.5, 0.6) is 0 Å². The first-order chi connectivity index (χ1) is 25.1. The fourth-order valence-electron chi connectivity index (χ4n) is 6.36. The lowest BCUT2D eigenvalue weighted by molar-refractivity contribution is -0.390. The van der Waals surface area contributed by atoms with E-state index < -0.39 is 174 Å². The lowest BCUT2D eigenvalue weighted by atomic mass is 9.96. The van der Waals surface area contributed by atoms with Crippen LogP contribution in [0.1, 0.15) is 0 Å². The zero-order valence-corrected chi connectivity index (χ0v) is 27.6. The molecule has 5 saturated heterocycles. The molecule has 15 N–H and O–H groups in total. The van der Waals surface area contributed by atoms with Crippen LogP contribution in [0.25, 0.3) is 0 Å². The molecule has 25 nitrogen and oxygen atoms in total. The average molecular weight is 785 g/mol. The Hall–Kier alpha value is -1.00. The Kier molecular flexibility index (Phi) is 15.1. The number of hydrogen-bond donors (Lipinski definition) is 15. The van der Waals surface area contributed by atoms with Gasteiger partial charge in [-0.05, 0) is 0 Å². The first kappa shape index (κ1) is 43.1. The Balaban J connectivity index is 1.32. The standard InChI is InChI=1S/C28H48O25/c29-1-8-21(15(36)17(38)24(42)48-8)51-27-20(41)16(37)22(10(50-27)5-46-25-18(39)11(32)6(30)2-44-25)52-26-19(40)14(35)13(34)9(49-26)4-47-28-23(53-43)12(33)7(31)3-45-28/h6-43H,1-5H2/t6-,7-,8-,9-,10-,11+,12+,13-,14+,15-,16-,17-,18-,19-,20-,21-,22-,23-,24-,25-,26+,27+,28-/m1/s1. The molecule has 53 heavy (non-hydrogen) atoms. The van der Waals surface area contributed by atoms with Crippen molar-refractivity contribution in [2.75, 3.05) is 33.0 Å². The van der Waals surface area contributed by atoms with Crippen molar-refractivity contribution in [3.8, 4) is 0 Å². The molecule has 5 fully saturated rings. The summed E-state index contributed by atoms with van der Waals surface area (Å²) in [6, 6.07) is 0. The topological polar surface area (TPSA) is 396 Å². The van der Waals surface area contributed by atoms with Crippen molar-refractivity contribution in [1.82, 2.24) is 0 Å². The number of rotatable bonds is 12. The molecule has 25 heteroatoms. The average Bonchev–Trinajstić information content (AvgIpc) is 3.14. The van der Waals surface area contributed by atoms with Gasteiger partial charge in [0.05, 0.1) is 33.0 Å². The predicted octanol–water partition coefficient (Wildman–Crippen LogP) is -10.1. The van der Waals surface area contributed by atoms with Crippen molar-refractivity contribution in [2.45, 2.75) is 141 Å². The van der Waals surface area contributed by atoms with Crippen molar-refractivity contribution >= 4 is 0 Å². The quantitative estimate of drug-likeness (QED) is 0.0645. The largest absolute Gasteiger partial charge is 0.394 e. The summed E-state index contributed by atoms with van der Waals surface area (Å²) in [6.07, 6.45) is -40.8. The van der Waals surface area contributed by atoms with Gasteiger partial charge in [-0.15, -0.1) is 0 Å². The van der Waals surface area contributed by atoms with E-state index in [-0.39, 0.29) is 0 Å². The summed E-state index contributed by atoms with van der Waals surface area (Å²) in [5.74, 6) is 0. The minimum absolute atomic E-state index is 0.443. The van der Waals surface area contributed by atoms with Gasteiger partial charge in [0.25, 0.3) is 0 Å². The molecule has 0 radical (unpaired) electrons. The Morgan fingerprint density at radius 1 is 0.434 bits per heavy atom. The van der Waals surface area contributed by atoms with E-state index in [1.165, 1.54) is 0 Å². The van der Waals surface area contributed by atoms with Crippen LogP contribution in [-0.2, 0) is 47.5 Å². The molecule has 5 rings (SSSR count). The number of ether oxygens (including phenoxy) is 9. The highest BCUT2D eigenvalue weighted by Gasteiger charge is 2.54. The van der Waals surface area contributed by atoms with Gasteiger partial charge in [-0.2, -0.15) is 0 Å². The molecule has 0 aliphatic carbocycles. The Bertz CT molecular complexity index is 1120. The van der Waals surface area contributed by atoms with Crippen LogP contribution in [0.2, 0.25) is 0 Å². The summed E-state index contributed by atoms with van der Waals surface area (Å²) in [5.41, 5.74) is 0. The van der Waals surface area contributed by atoms with Gasteiger partial charge in [-0.1, -0.05) is 0 Å². The van der Waals surface area contributed by atoms with E-state index >= 15 is 0 Å². The third kappa shape index (κ3) is 9.26. The summed E-state index contributed by atoms with van der Waals surface area (Å²) >= 11 is 0. The third-order valence-corrected chi connectivity index (χ3v) is 9.59. The molecule has 0 aromatic carbocycles. The van der Waals surface area contributed by atoms with Crippen LogP contribution in [0, 0.1) is 0 Å².